The van der Waals surface area contributed by atoms with Crippen LogP contribution >= 0.6 is 11.8 Å². The fourth-order valence-electron chi connectivity index (χ4n) is 3.83. The van der Waals surface area contributed by atoms with E-state index in [4.69, 9.17) is 0 Å². The van der Waals surface area contributed by atoms with Crippen molar-refractivity contribution < 1.29 is 5.11 Å². The van der Waals surface area contributed by atoms with Crippen LogP contribution in [-0.2, 0) is 5.75 Å². The molecule has 4 rings (SSSR count). The van der Waals surface area contributed by atoms with Crippen LogP contribution in [0, 0.1) is 5.92 Å². The first-order valence-electron chi connectivity index (χ1n) is 10.0. The number of hydrogen-bond acceptors (Lipinski definition) is 2. The molecule has 4 aromatic rings. The molecular weight excluding hydrogens is 374 g/mol. The second kappa shape index (κ2) is 9.23. The van der Waals surface area contributed by atoms with E-state index in [1.165, 1.54) is 33.5 Å². The monoisotopic (exact) mass is 400 g/mol. The second-order valence-electron chi connectivity index (χ2n) is 7.37. The highest BCUT2D eigenvalue weighted by molar-refractivity contribution is 7.98. The Kier molecular flexibility index (Phi) is 6.26. The van der Waals surface area contributed by atoms with E-state index in [0.29, 0.717) is 11.7 Å². The van der Waals surface area contributed by atoms with Crippen molar-refractivity contribution in [1.82, 2.24) is 4.98 Å². The molecule has 0 saturated heterocycles. The number of aromatic nitrogens is 1. The Balaban J connectivity index is 1.51. The van der Waals surface area contributed by atoms with Gasteiger partial charge in [0.25, 0.3) is 0 Å². The number of nitrogens with one attached hydrogen (secondary N) is 1. The SMILES string of the molecule is CC([C](CCSCc1ccc(O)cc1)c1c[nH]c2ccccc12)c1ccccc1. The standard InChI is InChI=1S/C26H26NOS/c1-19(21-7-3-2-4-8-21)23(25-17-27-26-10-6-5-9-24(25)26)15-16-29-18-20-11-13-22(28)14-12-20/h2-14,17,19,27-28H,15-16,18H2,1H3. The van der Waals surface area contributed by atoms with Crippen molar-refractivity contribution >= 4 is 22.7 Å². The van der Waals surface area contributed by atoms with Gasteiger partial charge in [0, 0.05) is 28.8 Å². The number of rotatable bonds is 8. The largest absolute Gasteiger partial charge is 0.508 e. The fraction of sp³-hybridized carbons (Fsp3) is 0.192. The maximum Gasteiger partial charge on any atom is 0.115 e. The zero-order chi connectivity index (χ0) is 20.1. The van der Waals surface area contributed by atoms with Crippen LogP contribution in [0.15, 0.2) is 85.1 Å². The molecule has 29 heavy (non-hydrogen) atoms. The molecule has 3 heteroatoms. The number of para-hydroxylation sites is 1. The lowest BCUT2D eigenvalue weighted by Crippen LogP contribution is -2.10. The summed E-state index contributed by atoms with van der Waals surface area (Å²) in [5.41, 5.74) is 5.13. The van der Waals surface area contributed by atoms with Crippen LogP contribution in [0.1, 0.15) is 36.0 Å². The van der Waals surface area contributed by atoms with Crippen LogP contribution in [0.3, 0.4) is 0 Å². The number of phenols is 1. The number of phenolic OH excluding ortho intramolecular Hbond substituents is 1. The summed E-state index contributed by atoms with van der Waals surface area (Å²) in [6, 6.07) is 26.8. The number of benzene rings is 3. The van der Waals surface area contributed by atoms with E-state index in [9.17, 15) is 5.11 Å². The molecule has 0 saturated carbocycles. The first-order chi connectivity index (χ1) is 14.2. The summed E-state index contributed by atoms with van der Waals surface area (Å²) in [6.45, 7) is 2.32. The van der Waals surface area contributed by atoms with Gasteiger partial charge in [0.15, 0.2) is 0 Å². The third-order valence-electron chi connectivity index (χ3n) is 5.48. The zero-order valence-electron chi connectivity index (χ0n) is 16.6. The molecule has 1 aromatic heterocycles. The molecule has 0 amide bonds. The van der Waals surface area contributed by atoms with Gasteiger partial charge in [-0.05, 0) is 53.0 Å². The first kappa shape index (κ1) is 19.7. The van der Waals surface area contributed by atoms with Crippen molar-refractivity contribution in [2.75, 3.05) is 5.75 Å². The molecule has 0 spiro atoms. The molecule has 3 aromatic carbocycles. The van der Waals surface area contributed by atoms with Crippen molar-refractivity contribution in [3.8, 4) is 5.75 Å². The van der Waals surface area contributed by atoms with Crippen LogP contribution < -0.4 is 0 Å². The summed E-state index contributed by atoms with van der Waals surface area (Å²) in [5.74, 6) is 4.19. The van der Waals surface area contributed by atoms with Crippen LogP contribution in [-0.4, -0.2) is 15.8 Å². The lowest BCUT2D eigenvalue weighted by Gasteiger charge is -2.24. The number of thioether (sulfide) groups is 1. The van der Waals surface area contributed by atoms with E-state index in [1.54, 1.807) is 12.1 Å². The molecule has 1 atom stereocenters. The van der Waals surface area contributed by atoms with Gasteiger partial charge in [-0.25, -0.2) is 0 Å². The maximum absolute atomic E-state index is 9.45. The third kappa shape index (κ3) is 4.68. The van der Waals surface area contributed by atoms with Crippen LogP contribution in [0.4, 0.5) is 0 Å². The van der Waals surface area contributed by atoms with Gasteiger partial charge < -0.3 is 10.1 Å². The number of hydrogen-bond donors (Lipinski definition) is 2. The Morgan fingerprint density at radius 2 is 1.66 bits per heavy atom. The molecule has 0 bridgehead atoms. The molecule has 1 heterocycles. The minimum atomic E-state index is 0.324. The highest BCUT2D eigenvalue weighted by atomic mass is 32.2. The molecule has 2 nitrogen and oxygen atoms in total. The van der Waals surface area contributed by atoms with E-state index in [1.807, 2.05) is 23.9 Å². The molecule has 2 N–H and O–H groups in total. The lowest BCUT2D eigenvalue weighted by molar-refractivity contribution is 0.475. The van der Waals surface area contributed by atoms with Gasteiger partial charge in [-0.3, -0.25) is 0 Å². The van der Waals surface area contributed by atoms with Crippen LogP contribution in [0.25, 0.3) is 10.9 Å². The molecule has 1 radical (unpaired) electrons. The van der Waals surface area contributed by atoms with E-state index in [2.05, 4.69) is 72.7 Å². The quantitative estimate of drug-likeness (QED) is 0.315. The number of H-pyrrole nitrogens is 1. The van der Waals surface area contributed by atoms with Crippen molar-refractivity contribution in [2.24, 2.45) is 0 Å². The summed E-state index contributed by atoms with van der Waals surface area (Å²) in [4.78, 5) is 3.45. The fourth-order valence-corrected chi connectivity index (χ4v) is 4.77. The van der Waals surface area contributed by atoms with Crippen molar-refractivity contribution in [3.63, 3.8) is 0 Å². The third-order valence-corrected chi connectivity index (χ3v) is 6.51. The summed E-state index contributed by atoms with van der Waals surface area (Å²) >= 11 is 1.94. The Labute approximate surface area is 177 Å². The number of aromatic hydroxyl groups is 1. The molecule has 0 aliphatic rings. The van der Waals surface area contributed by atoms with Crippen molar-refractivity contribution in [2.45, 2.75) is 25.0 Å². The molecular formula is C26H26NOS. The minimum absolute atomic E-state index is 0.324. The first-order valence-corrected chi connectivity index (χ1v) is 11.2. The summed E-state index contributed by atoms with van der Waals surface area (Å²) in [6.07, 6.45) is 3.21. The maximum atomic E-state index is 9.45. The van der Waals surface area contributed by atoms with Gasteiger partial charge in [-0.15, -0.1) is 0 Å². The predicted molar refractivity (Wildman–Crippen MR) is 124 cm³/mol. The zero-order valence-corrected chi connectivity index (χ0v) is 17.5. The smallest absolute Gasteiger partial charge is 0.115 e. The lowest BCUT2D eigenvalue weighted by atomic mass is 9.81. The summed E-state index contributed by atoms with van der Waals surface area (Å²) in [5, 5.41) is 10.7. The average molecular weight is 401 g/mol. The highest BCUT2D eigenvalue weighted by Crippen LogP contribution is 2.38. The second-order valence-corrected chi connectivity index (χ2v) is 8.48. The molecule has 1 unspecified atom stereocenters. The molecule has 0 aliphatic carbocycles. The average Bonchev–Trinajstić information content (AvgIpc) is 3.19. The van der Waals surface area contributed by atoms with E-state index in [-0.39, 0.29) is 0 Å². The summed E-state index contributed by atoms with van der Waals surface area (Å²) < 4.78 is 0. The molecule has 0 aliphatic heterocycles. The van der Waals surface area contributed by atoms with Gasteiger partial charge in [0.1, 0.15) is 5.75 Å². The topological polar surface area (TPSA) is 36.0 Å². The Morgan fingerprint density at radius 3 is 2.45 bits per heavy atom. The minimum Gasteiger partial charge on any atom is -0.508 e. The van der Waals surface area contributed by atoms with Gasteiger partial charge in [0.2, 0.25) is 0 Å². The van der Waals surface area contributed by atoms with Crippen LogP contribution in [0.2, 0.25) is 0 Å². The van der Waals surface area contributed by atoms with E-state index < -0.39 is 0 Å². The summed E-state index contributed by atoms with van der Waals surface area (Å²) in [7, 11) is 0. The Morgan fingerprint density at radius 1 is 0.931 bits per heavy atom. The normalized spacial score (nSPS) is 12.5. The van der Waals surface area contributed by atoms with Crippen molar-refractivity contribution in [1.29, 1.82) is 0 Å². The Bertz CT molecular complexity index is 1040. The van der Waals surface area contributed by atoms with E-state index >= 15 is 0 Å². The van der Waals surface area contributed by atoms with Gasteiger partial charge in [-0.1, -0.05) is 67.6 Å². The van der Waals surface area contributed by atoms with Gasteiger partial charge in [0.05, 0.1) is 0 Å². The van der Waals surface area contributed by atoms with Gasteiger partial charge in [-0.2, -0.15) is 11.8 Å². The number of aromatic amines is 1. The van der Waals surface area contributed by atoms with Gasteiger partial charge >= 0.3 is 0 Å². The van der Waals surface area contributed by atoms with Crippen molar-refractivity contribution in [3.05, 3.63) is 108 Å². The van der Waals surface area contributed by atoms with E-state index in [0.717, 1.165) is 17.9 Å². The highest BCUT2D eigenvalue weighted by Gasteiger charge is 2.24. The molecule has 147 valence electrons. The molecule has 0 fully saturated rings. The van der Waals surface area contributed by atoms with Crippen LogP contribution in [0.5, 0.6) is 5.75 Å². The number of fused-ring (bicyclic) bond motifs is 1. The predicted octanol–water partition coefficient (Wildman–Crippen LogP) is 6.92. The Hall–Kier alpha value is -2.65.